The maximum atomic E-state index is 12.6. The van der Waals surface area contributed by atoms with Crippen LogP contribution in [0, 0.1) is 0 Å². The number of carbonyl (C=O) groups excluding carboxylic acids is 2. The fraction of sp³-hybridized carbons (Fsp3) is 0.200. The maximum Gasteiger partial charge on any atom is 0.348 e. The number of Topliss-reactive ketones (excluding diaryl/α,β-unsaturated/α-hetero) is 2. The Hall–Kier alpha value is -3.54. The lowest BCUT2D eigenvalue weighted by Crippen LogP contribution is -2.71. The highest BCUT2D eigenvalue weighted by Crippen LogP contribution is 2.31. The van der Waals surface area contributed by atoms with Gasteiger partial charge in [-0.3, -0.25) is 18.7 Å². The number of aliphatic carboxylic acids is 2. The SMILES string of the molecule is O=C(O)C(O)(C(=O)c1ccccc1)C(O)(C(=O)O)C(=O)c1ccccc1.O=S(=O)(O)CCS(=O)(=O)O. The number of carboxylic acids is 2. The molecule has 2 aromatic carbocycles. The molecular weight excluding hydrogens is 528 g/mol. The first kappa shape index (κ1) is 30.5. The monoisotopic (exact) mass is 548 g/mol. The van der Waals surface area contributed by atoms with E-state index in [2.05, 4.69) is 0 Å². The summed E-state index contributed by atoms with van der Waals surface area (Å²) in [4.78, 5) is 48.5. The zero-order chi connectivity index (χ0) is 27.9. The molecule has 2 atom stereocenters. The van der Waals surface area contributed by atoms with Crippen molar-refractivity contribution < 1.29 is 65.5 Å². The number of aliphatic hydroxyl groups is 2. The second-order valence-corrected chi connectivity index (χ2v) is 10.1. The minimum atomic E-state index is -4.30. The first-order valence-electron chi connectivity index (χ1n) is 9.39. The van der Waals surface area contributed by atoms with Crippen molar-refractivity contribution in [3.05, 3.63) is 71.8 Å². The average molecular weight is 549 g/mol. The maximum absolute atomic E-state index is 12.6. The highest BCUT2D eigenvalue weighted by atomic mass is 32.2. The third-order valence-corrected chi connectivity index (χ3v) is 6.17. The van der Waals surface area contributed by atoms with E-state index in [0.29, 0.717) is 0 Å². The summed E-state index contributed by atoms with van der Waals surface area (Å²) in [5.41, 5.74) is -8.68. The first-order valence-corrected chi connectivity index (χ1v) is 12.6. The van der Waals surface area contributed by atoms with Crippen LogP contribution in [0.4, 0.5) is 0 Å². The molecule has 2 unspecified atom stereocenters. The van der Waals surface area contributed by atoms with Crippen molar-refractivity contribution >= 4 is 43.7 Å². The number of benzene rings is 2. The van der Waals surface area contributed by atoms with Crippen molar-refractivity contribution in [1.82, 2.24) is 0 Å². The summed E-state index contributed by atoms with van der Waals surface area (Å²) in [5, 5.41) is 39.9. The van der Waals surface area contributed by atoms with Gasteiger partial charge in [-0.25, -0.2) is 9.59 Å². The molecule has 6 N–H and O–H groups in total. The molecule has 36 heavy (non-hydrogen) atoms. The van der Waals surface area contributed by atoms with Crippen molar-refractivity contribution in [3.8, 4) is 0 Å². The molecule has 0 saturated heterocycles. The van der Waals surface area contributed by atoms with Crippen LogP contribution in [0.25, 0.3) is 0 Å². The van der Waals surface area contributed by atoms with E-state index in [4.69, 9.17) is 9.11 Å². The minimum absolute atomic E-state index is 0.391. The van der Waals surface area contributed by atoms with Gasteiger partial charge in [0.05, 0.1) is 11.5 Å². The number of hydrogen-bond donors (Lipinski definition) is 6. The Morgan fingerprint density at radius 1 is 0.583 bits per heavy atom. The topological polar surface area (TPSA) is 258 Å². The Morgan fingerprint density at radius 2 is 0.833 bits per heavy atom. The van der Waals surface area contributed by atoms with E-state index in [-0.39, 0.29) is 0 Å². The molecule has 0 heterocycles. The second kappa shape index (κ2) is 11.5. The molecule has 0 amide bonds. The summed E-state index contributed by atoms with van der Waals surface area (Å²) in [6.45, 7) is 0. The van der Waals surface area contributed by atoms with Gasteiger partial charge in [-0.2, -0.15) is 16.8 Å². The number of carbonyl (C=O) groups is 4. The van der Waals surface area contributed by atoms with Gasteiger partial charge < -0.3 is 20.4 Å². The molecule has 0 aliphatic rings. The van der Waals surface area contributed by atoms with Gasteiger partial charge >= 0.3 is 11.9 Å². The van der Waals surface area contributed by atoms with Gasteiger partial charge in [0, 0.05) is 11.1 Å². The van der Waals surface area contributed by atoms with Gasteiger partial charge in [0.2, 0.25) is 11.6 Å². The lowest BCUT2D eigenvalue weighted by Gasteiger charge is -2.34. The highest BCUT2D eigenvalue weighted by molar-refractivity contribution is 7.89. The molecule has 0 spiro atoms. The predicted molar refractivity (Wildman–Crippen MR) is 120 cm³/mol. The minimum Gasteiger partial charge on any atom is -0.479 e. The van der Waals surface area contributed by atoms with Crippen molar-refractivity contribution in [2.24, 2.45) is 0 Å². The Balaban J connectivity index is 0.000000548. The fourth-order valence-electron chi connectivity index (χ4n) is 2.64. The normalized spacial score (nSPS) is 14.8. The fourth-order valence-corrected chi connectivity index (χ4v) is 4.32. The molecule has 0 bridgehead atoms. The Kier molecular flexibility index (Phi) is 9.71. The zero-order valence-electron chi connectivity index (χ0n) is 18.0. The van der Waals surface area contributed by atoms with E-state index in [1.54, 1.807) is 0 Å². The summed E-state index contributed by atoms with van der Waals surface area (Å²) in [6, 6.07) is 12.8. The molecule has 0 aromatic heterocycles. The summed E-state index contributed by atoms with van der Waals surface area (Å²) in [7, 11) is -8.59. The van der Waals surface area contributed by atoms with Crippen LogP contribution in [0.1, 0.15) is 20.7 Å². The van der Waals surface area contributed by atoms with Gasteiger partial charge in [-0.05, 0) is 0 Å². The predicted octanol–water partition coefficient (Wildman–Crippen LogP) is -0.854. The molecule has 196 valence electrons. The molecular formula is C20H20O14S2. The number of ketones is 2. The standard InChI is InChI=1S/C18H14O8.C2H6O6S2/c19-13(11-7-3-1-4-8-11)17(25,15(21)22)18(26,16(23)24)14(20)12-9-5-2-6-10-12;3-9(4,5)1-2-10(6,7)8/h1-10,25-26H,(H,21,22)(H,23,24);1-2H2,(H,3,4,5)(H,6,7,8). The van der Waals surface area contributed by atoms with Gasteiger partial charge in [-0.1, -0.05) is 60.7 Å². The van der Waals surface area contributed by atoms with E-state index in [9.17, 15) is 56.4 Å². The summed E-state index contributed by atoms with van der Waals surface area (Å²) in [5.74, 6) is -9.99. The van der Waals surface area contributed by atoms with Crippen LogP contribution in [0.15, 0.2) is 60.7 Å². The smallest absolute Gasteiger partial charge is 0.348 e. The summed E-state index contributed by atoms with van der Waals surface area (Å²) in [6.07, 6.45) is 0. The lowest BCUT2D eigenvalue weighted by atomic mass is 9.73. The van der Waals surface area contributed by atoms with Gasteiger partial charge in [0.1, 0.15) is 0 Å². The first-order chi connectivity index (χ1) is 16.4. The second-order valence-electron chi connectivity index (χ2n) is 6.99. The number of rotatable bonds is 10. The molecule has 2 rings (SSSR count). The lowest BCUT2D eigenvalue weighted by molar-refractivity contribution is -0.187. The molecule has 0 saturated carbocycles. The molecule has 0 aliphatic heterocycles. The Labute approximate surface area is 203 Å². The third kappa shape index (κ3) is 7.23. The summed E-state index contributed by atoms with van der Waals surface area (Å²) >= 11 is 0. The molecule has 14 nitrogen and oxygen atoms in total. The molecule has 16 heteroatoms. The van der Waals surface area contributed by atoms with Crippen LogP contribution >= 0.6 is 0 Å². The van der Waals surface area contributed by atoms with Gasteiger partial charge in [0.15, 0.2) is 0 Å². The molecule has 2 aromatic rings. The quantitative estimate of drug-likeness (QED) is 0.120. The van der Waals surface area contributed by atoms with E-state index in [1.165, 1.54) is 36.4 Å². The summed E-state index contributed by atoms with van der Waals surface area (Å²) < 4.78 is 55.4. The highest BCUT2D eigenvalue weighted by Gasteiger charge is 2.69. The van der Waals surface area contributed by atoms with E-state index >= 15 is 0 Å². The van der Waals surface area contributed by atoms with Crippen molar-refractivity contribution in [1.29, 1.82) is 0 Å². The van der Waals surface area contributed by atoms with E-state index in [0.717, 1.165) is 24.3 Å². The Morgan fingerprint density at radius 3 is 1.03 bits per heavy atom. The van der Waals surface area contributed by atoms with Crippen LogP contribution in [0.3, 0.4) is 0 Å². The van der Waals surface area contributed by atoms with Gasteiger partial charge in [-0.15, -0.1) is 0 Å². The van der Waals surface area contributed by atoms with Crippen molar-refractivity contribution in [2.75, 3.05) is 11.5 Å². The molecule has 0 fully saturated rings. The van der Waals surface area contributed by atoms with E-state index in [1.807, 2.05) is 0 Å². The van der Waals surface area contributed by atoms with Crippen LogP contribution in [-0.2, 0) is 29.8 Å². The average Bonchev–Trinajstić information content (AvgIpc) is 2.81. The van der Waals surface area contributed by atoms with Crippen LogP contribution in [-0.4, -0.2) is 92.6 Å². The van der Waals surface area contributed by atoms with Crippen LogP contribution in [0.2, 0.25) is 0 Å². The van der Waals surface area contributed by atoms with Gasteiger partial charge in [0.25, 0.3) is 31.4 Å². The molecule has 0 aliphatic carbocycles. The largest absolute Gasteiger partial charge is 0.479 e. The van der Waals surface area contributed by atoms with Crippen molar-refractivity contribution in [3.63, 3.8) is 0 Å². The Bertz CT molecular complexity index is 1230. The number of carboxylic acid groups (broad SMARTS) is 2. The zero-order valence-corrected chi connectivity index (χ0v) is 19.6. The van der Waals surface area contributed by atoms with Crippen LogP contribution in [0.5, 0.6) is 0 Å². The van der Waals surface area contributed by atoms with Crippen molar-refractivity contribution in [2.45, 2.75) is 11.2 Å². The van der Waals surface area contributed by atoms with E-state index < -0.39 is 77.6 Å². The van der Waals surface area contributed by atoms with Crippen LogP contribution < -0.4 is 0 Å². The number of hydrogen-bond acceptors (Lipinski definition) is 10. The third-order valence-electron chi connectivity index (χ3n) is 4.47. The molecule has 0 radical (unpaired) electrons.